The number of hydrogen-bond acceptors (Lipinski definition) is 6. The molecular weight excluding hydrogens is 308 g/mol. The summed E-state index contributed by atoms with van der Waals surface area (Å²) in [5.74, 6) is -0.0875. The Morgan fingerprint density at radius 1 is 1.19 bits per heavy atom. The molecule has 1 aromatic heterocycles. The lowest BCUT2D eigenvalue weighted by Crippen LogP contribution is -2.11. The largest absolute Gasteiger partial charge is 0.466 e. The maximum atomic E-state index is 12.3. The summed E-state index contributed by atoms with van der Waals surface area (Å²) in [6.07, 6.45) is 0. The van der Waals surface area contributed by atoms with Crippen LogP contribution in [0.4, 0.5) is 0 Å². The summed E-state index contributed by atoms with van der Waals surface area (Å²) in [7, 11) is -2.08. The number of nitrogens with zero attached hydrogens (tertiary/aromatic N) is 2. The molecule has 2 aromatic rings. The first-order valence-electron chi connectivity index (χ1n) is 6.42. The Morgan fingerprint density at radius 2 is 1.81 bits per heavy atom. The predicted octanol–water partition coefficient (Wildman–Crippen LogP) is 2.82. The quantitative estimate of drug-likeness (QED) is 0.864. The van der Waals surface area contributed by atoms with Gasteiger partial charge in [0.25, 0.3) is 0 Å². The number of aromatic nitrogens is 2. The van der Waals surface area contributed by atoms with E-state index in [9.17, 15) is 8.42 Å². The Hall–Kier alpha value is -1.47. The van der Waals surface area contributed by atoms with Crippen LogP contribution in [0.5, 0.6) is 6.01 Å². The molecule has 0 amide bonds. The zero-order valence-electron chi connectivity index (χ0n) is 12.5. The van der Waals surface area contributed by atoms with Gasteiger partial charge in [0.2, 0.25) is 14.2 Å². The van der Waals surface area contributed by atoms with Gasteiger partial charge in [-0.1, -0.05) is 45.0 Å². The highest BCUT2D eigenvalue weighted by Gasteiger charge is 2.21. The van der Waals surface area contributed by atoms with E-state index < -0.39 is 9.84 Å². The van der Waals surface area contributed by atoms with E-state index in [-0.39, 0.29) is 21.5 Å². The lowest BCUT2D eigenvalue weighted by molar-refractivity contribution is 0.383. The van der Waals surface area contributed by atoms with E-state index in [4.69, 9.17) is 4.74 Å². The van der Waals surface area contributed by atoms with Crippen molar-refractivity contribution in [2.75, 3.05) is 7.11 Å². The van der Waals surface area contributed by atoms with Crippen LogP contribution < -0.4 is 4.74 Å². The summed E-state index contributed by atoms with van der Waals surface area (Å²) in [5, 5.41) is 0. The maximum Gasteiger partial charge on any atom is 0.329 e. The van der Waals surface area contributed by atoms with Gasteiger partial charge in [-0.2, -0.15) is 4.98 Å². The van der Waals surface area contributed by atoms with Crippen LogP contribution >= 0.6 is 11.5 Å². The Morgan fingerprint density at radius 3 is 2.29 bits per heavy atom. The van der Waals surface area contributed by atoms with Gasteiger partial charge in [0.1, 0.15) is 0 Å². The van der Waals surface area contributed by atoms with E-state index in [1.807, 2.05) is 24.3 Å². The van der Waals surface area contributed by atoms with Gasteiger partial charge < -0.3 is 4.74 Å². The number of methoxy groups -OCH3 is 1. The van der Waals surface area contributed by atoms with Crippen molar-refractivity contribution in [1.29, 1.82) is 0 Å². The molecule has 0 unspecified atom stereocenters. The highest BCUT2D eigenvalue weighted by molar-refractivity contribution is 7.92. The molecule has 0 aliphatic heterocycles. The normalized spacial score (nSPS) is 12.4. The summed E-state index contributed by atoms with van der Waals surface area (Å²) < 4.78 is 33.2. The third kappa shape index (κ3) is 3.79. The molecule has 7 heteroatoms. The monoisotopic (exact) mass is 326 g/mol. The Labute approximate surface area is 129 Å². The third-order valence-electron chi connectivity index (χ3n) is 3.01. The SMILES string of the molecule is COc1nsc(S(=O)(=O)Cc2ccc(C(C)(C)C)cc2)n1. The molecule has 0 N–H and O–H groups in total. The molecule has 0 radical (unpaired) electrons. The highest BCUT2D eigenvalue weighted by atomic mass is 32.2. The van der Waals surface area contributed by atoms with Crippen molar-refractivity contribution >= 4 is 21.4 Å². The van der Waals surface area contributed by atoms with Gasteiger partial charge in [-0.3, -0.25) is 0 Å². The predicted molar refractivity (Wildman–Crippen MR) is 82.5 cm³/mol. The van der Waals surface area contributed by atoms with E-state index in [1.165, 1.54) is 12.7 Å². The Balaban J connectivity index is 2.21. The zero-order valence-corrected chi connectivity index (χ0v) is 14.1. The van der Waals surface area contributed by atoms with Crippen molar-refractivity contribution in [3.63, 3.8) is 0 Å². The third-order valence-corrected chi connectivity index (χ3v) is 5.83. The molecule has 5 nitrogen and oxygen atoms in total. The first kappa shape index (κ1) is 15.9. The van der Waals surface area contributed by atoms with E-state index in [2.05, 4.69) is 30.1 Å². The summed E-state index contributed by atoms with van der Waals surface area (Å²) in [4.78, 5) is 3.85. The van der Waals surface area contributed by atoms with E-state index in [0.717, 1.165) is 17.1 Å². The summed E-state index contributed by atoms with van der Waals surface area (Å²) >= 11 is 0.834. The minimum Gasteiger partial charge on any atom is -0.466 e. The molecule has 0 spiro atoms. The topological polar surface area (TPSA) is 69.2 Å². The molecule has 2 rings (SSSR count). The summed E-state index contributed by atoms with van der Waals surface area (Å²) in [5.41, 5.74) is 1.95. The molecule has 114 valence electrons. The molecule has 1 aromatic carbocycles. The molecule has 0 aliphatic carbocycles. The maximum absolute atomic E-state index is 12.3. The van der Waals surface area contributed by atoms with Crippen molar-refractivity contribution in [2.45, 2.75) is 36.3 Å². The Kier molecular flexibility index (Phi) is 4.34. The second kappa shape index (κ2) is 5.73. The standard InChI is InChI=1S/C14H18N2O3S2/c1-14(2,3)11-7-5-10(6-8-11)9-21(17,18)13-15-12(19-4)16-20-13/h5-8H,9H2,1-4H3. The van der Waals surface area contributed by atoms with Crippen LogP contribution in [0.25, 0.3) is 0 Å². The molecule has 0 saturated carbocycles. The molecule has 0 saturated heterocycles. The van der Waals surface area contributed by atoms with Gasteiger partial charge >= 0.3 is 6.01 Å². The molecule has 0 aliphatic rings. The average Bonchev–Trinajstić information content (AvgIpc) is 2.87. The van der Waals surface area contributed by atoms with Crippen molar-refractivity contribution < 1.29 is 13.2 Å². The van der Waals surface area contributed by atoms with E-state index >= 15 is 0 Å². The smallest absolute Gasteiger partial charge is 0.329 e. The molecule has 0 bridgehead atoms. The van der Waals surface area contributed by atoms with Crippen LogP contribution in [-0.4, -0.2) is 24.9 Å². The summed E-state index contributed by atoms with van der Waals surface area (Å²) in [6, 6.07) is 7.70. The van der Waals surface area contributed by atoms with Crippen LogP contribution in [0, 0.1) is 0 Å². The van der Waals surface area contributed by atoms with Crippen LogP contribution in [0.1, 0.15) is 31.9 Å². The Bertz CT molecular complexity index is 713. The van der Waals surface area contributed by atoms with Crippen molar-refractivity contribution in [3.05, 3.63) is 35.4 Å². The fourth-order valence-electron chi connectivity index (χ4n) is 1.79. The van der Waals surface area contributed by atoms with Crippen molar-refractivity contribution in [3.8, 4) is 6.01 Å². The van der Waals surface area contributed by atoms with Gasteiger partial charge in [0, 0.05) is 11.5 Å². The minimum absolute atomic E-state index is 0.0146. The van der Waals surface area contributed by atoms with Crippen LogP contribution in [0.2, 0.25) is 0 Å². The average molecular weight is 326 g/mol. The zero-order chi connectivity index (χ0) is 15.7. The molecule has 21 heavy (non-hydrogen) atoms. The fraction of sp³-hybridized carbons (Fsp3) is 0.429. The molecular formula is C14H18N2O3S2. The van der Waals surface area contributed by atoms with Crippen molar-refractivity contribution in [1.82, 2.24) is 9.36 Å². The number of rotatable bonds is 4. The van der Waals surface area contributed by atoms with Gasteiger partial charge in [-0.25, -0.2) is 8.42 Å². The lowest BCUT2D eigenvalue weighted by atomic mass is 9.87. The van der Waals surface area contributed by atoms with Gasteiger partial charge in [0.15, 0.2) is 0 Å². The highest BCUT2D eigenvalue weighted by Crippen LogP contribution is 2.24. The van der Waals surface area contributed by atoms with Gasteiger partial charge in [-0.15, -0.1) is 4.37 Å². The fourth-order valence-corrected chi connectivity index (χ4v) is 3.89. The number of sulfone groups is 1. The van der Waals surface area contributed by atoms with Gasteiger partial charge in [0.05, 0.1) is 12.9 Å². The number of ether oxygens (including phenoxy) is 1. The molecule has 1 heterocycles. The number of benzene rings is 1. The first-order valence-corrected chi connectivity index (χ1v) is 8.85. The van der Waals surface area contributed by atoms with Crippen LogP contribution in [0.3, 0.4) is 0 Å². The lowest BCUT2D eigenvalue weighted by Gasteiger charge is -2.19. The van der Waals surface area contributed by atoms with Gasteiger partial charge in [-0.05, 0) is 16.5 Å². The van der Waals surface area contributed by atoms with Crippen LogP contribution in [0.15, 0.2) is 28.6 Å². The van der Waals surface area contributed by atoms with Crippen LogP contribution in [-0.2, 0) is 21.0 Å². The number of hydrogen-bond donors (Lipinski definition) is 0. The van der Waals surface area contributed by atoms with E-state index in [1.54, 1.807) is 0 Å². The van der Waals surface area contributed by atoms with E-state index in [0.29, 0.717) is 0 Å². The molecule has 0 atom stereocenters. The van der Waals surface area contributed by atoms with Crippen molar-refractivity contribution in [2.24, 2.45) is 0 Å². The molecule has 0 fully saturated rings. The first-order chi connectivity index (χ1) is 9.72. The second-order valence-corrected chi connectivity index (χ2v) is 8.67. The summed E-state index contributed by atoms with van der Waals surface area (Å²) in [6.45, 7) is 6.35. The minimum atomic E-state index is -3.49. The second-order valence-electron chi connectivity index (χ2n) is 5.75.